The summed E-state index contributed by atoms with van der Waals surface area (Å²) in [5.74, 6) is 0. The van der Waals surface area contributed by atoms with Crippen molar-refractivity contribution in [1.29, 1.82) is 0 Å². The molecular weight excluding hydrogens is 124 g/mol. The first-order valence-electron chi connectivity index (χ1n) is 2.90. The van der Waals surface area contributed by atoms with Crippen LogP contribution in [-0.2, 0) is 14.5 Å². The molecule has 1 N–H and O–H groups in total. The Morgan fingerprint density at radius 2 is 2.33 bits per heavy atom. The highest BCUT2D eigenvalue weighted by Gasteiger charge is 2.11. The Balaban J connectivity index is 2.18. The van der Waals surface area contributed by atoms with Crippen molar-refractivity contribution in [1.82, 2.24) is 0 Å². The number of aliphatic hydroxyl groups is 1. The van der Waals surface area contributed by atoms with Gasteiger partial charge in [0.15, 0.2) is 0 Å². The number of rotatable bonds is 1. The molecule has 4 nitrogen and oxygen atoms in total. The van der Waals surface area contributed by atoms with E-state index in [-0.39, 0.29) is 12.7 Å². The van der Waals surface area contributed by atoms with Crippen LogP contribution in [0.25, 0.3) is 0 Å². The second-order valence-corrected chi connectivity index (χ2v) is 1.80. The van der Waals surface area contributed by atoms with Gasteiger partial charge in [-0.25, -0.2) is 9.78 Å². The van der Waals surface area contributed by atoms with Gasteiger partial charge in [-0.05, 0) is 0 Å². The molecule has 1 atom stereocenters. The van der Waals surface area contributed by atoms with E-state index >= 15 is 0 Å². The standard InChI is InChI=1S/C5H10O4/c6-3-5-4-7-1-2-8-9-5/h5-6H,1-4H2. The van der Waals surface area contributed by atoms with Crippen molar-refractivity contribution in [2.45, 2.75) is 6.10 Å². The quantitative estimate of drug-likeness (QED) is 0.483. The van der Waals surface area contributed by atoms with Crippen LogP contribution in [0.5, 0.6) is 0 Å². The van der Waals surface area contributed by atoms with E-state index in [0.717, 1.165) is 0 Å². The van der Waals surface area contributed by atoms with Crippen LogP contribution in [0.4, 0.5) is 0 Å². The first-order valence-corrected chi connectivity index (χ1v) is 2.90. The van der Waals surface area contributed by atoms with E-state index in [1.165, 1.54) is 0 Å². The fraction of sp³-hybridized carbons (Fsp3) is 1.00. The molecule has 0 spiro atoms. The molecule has 0 saturated carbocycles. The van der Waals surface area contributed by atoms with Gasteiger partial charge in [0.05, 0.1) is 19.8 Å². The van der Waals surface area contributed by atoms with E-state index < -0.39 is 0 Å². The molecule has 4 heteroatoms. The Kier molecular flexibility index (Phi) is 2.93. The van der Waals surface area contributed by atoms with E-state index in [0.29, 0.717) is 19.8 Å². The van der Waals surface area contributed by atoms with Crippen LogP contribution in [0.1, 0.15) is 0 Å². The van der Waals surface area contributed by atoms with E-state index in [1.54, 1.807) is 0 Å². The lowest BCUT2D eigenvalue weighted by Gasteiger charge is -2.06. The summed E-state index contributed by atoms with van der Waals surface area (Å²) in [7, 11) is 0. The van der Waals surface area contributed by atoms with E-state index in [9.17, 15) is 0 Å². The van der Waals surface area contributed by atoms with Crippen molar-refractivity contribution in [3.05, 3.63) is 0 Å². The molecule has 0 amide bonds. The second-order valence-electron chi connectivity index (χ2n) is 1.80. The predicted octanol–water partition coefficient (Wildman–Crippen LogP) is -0.674. The maximum Gasteiger partial charge on any atom is 0.139 e. The Morgan fingerprint density at radius 1 is 1.44 bits per heavy atom. The zero-order valence-corrected chi connectivity index (χ0v) is 5.08. The van der Waals surface area contributed by atoms with Crippen LogP contribution >= 0.6 is 0 Å². The van der Waals surface area contributed by atoms with Crippen LogP contribution in [-0.4, -0.2) is 37.6 Å². The Bertz CT molecular complexity index is 67.4. The van der Waals surface area contributed by atoms with Gasteiger partial charge in [-0.3, -0.25) is 0 Å². The molecule has 1 aliphatic heterocycles. The molecule has 0 aliphatic carbocycles. The summed E-state index contributed by atoms with van der Waals surface area (Å²) in [6, 6.07) is 0. The van der Waals surface area contributed by atoms with Gasteiger partial charge in [0.1, 0.15) is 12.7 Å². The third kappa shape index (κ3) is 2.28. The number of aliphatic hydroxyl groups excluding tert-OH is 1. The molecule has 0 radical (unpaired) electrons. The fourth-order valence-electron chi connectivity index (χ4n) is 0.563. The molecule has 1 rings (SSSR count). The molecule has 1 unspecified atom stereocenters. The number of ether oxygens (including phenoxy) is 1. The van der Waals surface area contributed by atoms with Crippen molar-refractivity contribution in [3.8, 4) is 0 Å². The molecular formula is C5H10O4. The summed E-state index contributed by atoms with van der Waals surface area (Å²) in [4.78, 5) is 9.29. The molecule has 54 valence electrons. The second kappa shape index (κ2) is 3.79. The molecule has 1 heterocycles. The predicted molar refractivity (Wildman–Crippen MR) is 28.7 cm³/mol. The van der Waals surface area contributed by atoms with Crippen molar-refractivity contribution in [3.63, 3.8) is 0 Å². The van der Waals surface area contributed by atoms with Gasteiger partial charge in [0, 0.05) is 0 Å². The van der Waals surface area contributed by atoms with Crippen LogP contribution in [0.15, 0.2) is 0 Å². The third-order valence-corrected chi connectivity index (χ3v) is 1.02. The van der Waals surface area contributed by atoms with Crippen LogP contribution in [0, 0.1) is 0 Å². The van der Waals surface area contributed by atoms with E-state index in [1.807, 2.05) is 0 Å². The zero-order chi connectivity index (χ0) is 6.53. The van der Waals surface area contributed by atoms with Crippen molar-refractivity contribution in [2.24, 2.45) is 0 Å². The largest absolute Gasteiger partial charge is 0.393 e. The molecule has 9 heavy (non-hydrogen) atoms. The summed E-state index contributed by atoms with van der Waals surface area (Å²) < 4.78 is 4.99. The summed E-state index contributed by atoms with van der Waals surface area (Å²) in [5, 5.41) is 8.53. The number of hydrogen-bond acceptors (Lipinski definition) is 4. The normalized spacial score (nSPS) is 29.7. The van der Waals surface area contributed by atoms with Crippen molar-refractivity contribution in [2.75, 3.05) is 26.4 Å². The van der Waals surface area contributed by atoms with Crippen molar-refractivity contribution >= 4 is 0 Å². The monoisotopic (exact) mass is 134 g/mol. The minimum absolute atomic E-state index is 0.0556. The highest BCUT2D eigenvalue weighted by atomic mass is 17.2. The zero-order valence-electron chi connectivity index (χ0n) is 5.08. The molecule has 0 aromatic carbocycles. The maximum absolute atomic E-state index is 8.53. The van der Waals surface area contributed by atoms with Crippen LogP contribution < -0.4 is 0 Å². The fourth-order valence-corrected chi connectivity index (χ4v) is 0.563. The third-order valence-electron chi connectivity index (χ3n) is 1.02. The summed E-state index contributed by atoms with van der Waals surface area (Å²) in [5.41, 5.74) is 0. The van der Waals surface area contributed by atoms with Gasteiger partial charge in [-0.15, -0.1) is 0 Å². The topological polar surface area (TPSA) is 47.9 Å². The van der Waals surface area contributed by atoms with Crippen LogP contribution in [0.3, 0.4) is 0 Å². The lowest BCUT2D eigenvalue weighted by molar-refractivity contribution is -0.318. The smallest absolute Gasteiger partial charge is 0.139 e. The molecule has 1 saturated heterocycles. The Hall–Kier alpha value is -0.160. The van der Waals surface area contributed by atoms with Gasteiger partial charge < -0.3 is 9.84 Å². The lowest BCUT2D eigenvalue weighted by atomic mass is 10.4. The summed E-state index contributed by atoms with van der Waals surface area (Å²) in [6.45, 7) is 1.34. The number of hydrogen-bond donors (Lipinski definition) is 1. The van der Waals surface area contributed by atoms with Crippen LogP contribution in [0.2, 0.25) is 0 Å². The minimum Gasteiger partial charge on any atom is -0.393 e. The highest BCUT2D eigenvalue weighted by molar-refractivity contribution is 4.51. The summed E-state index contributed by atoms with van der Waals surface area (Å²) in [6.07, 6.45) is -0.313. The molecule has 0 aromatic heterocycles. The Labute approximate surface area is 53.3 Å². The van der Waals surface area contributed by atoms with E-state index in [2.05, 4.69) is 9.78 Å². The van der Waals surface area contributed by atoms with Gasteiger partial charge >= 0.3 is 0 Å². The highest BCUT2D eigenvalue weighted by Crippen LogP contribution is 1.97. The van der Waals surface area contributed by atoms with Gasteiger partial charge in [0.2, 0.25) is 0 Å². The van der Waals surface area contributed by atoms with Gasteiger partial charge in [-0.2, -0.15) is 0 Å². The Morgan fingerprint density at radius 3 is 3.11 bits per heavy atom. The first kappa shape index (κ1) is 6.95. The SMILES string of the molecule is OCC1COCCOO1. The van der Waals surface area contributed by atoms with Gasteiger partial charge in [-0.1, -0.05) is 0 Å². The van der Waals surface area contributed by atoms with Gasteiger partial charge in [0.25, 0.3) is 0 Å². The molecule has 0 aromatic rings. The van der Waals surface area contributed by atoms with Crippen molar-refractivity contribution < 1.29 is 19.6 Å². The maximum atomic E-state index is 8.53. The molecule has 1 fully saturated rings. The summed E-state index contributed by atoms with van der Waals surface area (Å²) >= 11 is 0. The van der Waals surface area contributed by atoms with E-state index in [4.69, 9.17) is 9.84 Å². The molecule has 1 aliphatic rings. The molecule has 0 bridgehead atoms. The average molecular weight is 134 g/mol. The first-order chi connectivity index (χ1) is 4.43. The average Bonchev–Trinajstić information content (AvgIpc) is 2.13. The lowest BCUT2D eigenvalue weighted by Crippen LogP contribution is -2.20. The minimum atomic E-state index is -0.313.